The van der Waals surface area contributed by atoms with Gasteiger partial charge in [-0.05, 0) is 36.6 Å². The Bertz CT molecular complexity index is 466. The Hall–Kier alpha value is -0.580. The molecule has 98 valence electrons. The Morgan fingerprint density at radius 1 is 1.50 bits per heavy atom. The number of carbonyl (C=O) groups excluding carboxylic acids is 1. The molecule has 0 saturated carbocycles. The summed E-state index contributed by atoms with van der Waals surface area (Å²) in [6.07, 6.45) is 2.24. The molecule has 1 fully saturated rings. The first-order valence-corrected chi connectivity index (χ1v) is 7.14. The van der Waals surface area contributed by atoms with E-state index in [4.69, 9.17) is 17.3 Å². The maximum absolute atomic E-state index is 12.0. The zero-order valence-electron chi connectivity index (χ0n) is 10.2. The predicted octanol–water partition coefficient (Wildman–Crippen LogP) is 3.11. The van der Waals surface area contributed by atoms with Gasteiger partial charge in [-0.2, -0.15) is 0 Å². The van der Waals surface area contributed by atoms with Crippen molar-refractivity contribution in [3.05, 3.63) is 33.3 Å². The van der Waals surface area contributed by atoms with Gasteiger partial charge in [-0.1, -0.05) is 27.5 Å². The number of rotatable bonds is 1. The van der Waals surface area contributed by atoms with Crippen LogP contribution in [0.25, 0.3) is 0 Å². The minimum atomic E-state index is -0.148. The van der Waals surface area contributed by atoms with E-state index in [2.05, 4.69) is 15.9 Å². The van der Waals surface area contributed by atoms with Gasteiger partial charge in [-0.15, -0.1) is 0 Å². The van der Waals surface area contributed by atoms with Crippen molar-refractivity contribution in [1.29, 1.82) is 0 Å². The molecule has 1 aliphatic heterocycles. The Labute approximate surface area is 120 Å². The van der Waals surface area contributed by atoms with E-state index in [1.165, 1.54) is 0 Å². The molecular weight excluding hydrogens is 316 g/mol. The number of nitrogens with two attached hydrogens (primary N) is 1. The highest BCUT2D eigenvalue weighted by Crippen LogP contribution is 2.34. The van der Waals surface area contributed by atoms with Gasteiger partial charge >= 0.3 is 0 Å². The van der Waals surface area contributed by atoms with Crippen molar-refractivity contribution in [2.24, 2.45) is 5.73 Å². The number of nitrogens with zero attached hydrogens (tertiary/aromatic N) is 1. The van der Waals surface area contributed by atoms with Crippen molar-refractivity contribution < 1.29 is 4.79 Å². The van der Waals surface area contributed by atoms with Crippen molar-refractivity contribution in [2.45, 2.75) is 31.3 Å². The summed E-state index contributed by atoms with van der Waals surface area (Å²) in [5, 5.41) is 0.653. The minimum Gasteiger partial charge on any atom is -0.337 e. The molecule has 1 aromatic rings. The number of carbonyl (C=O) groups is 1. The minimum absolute atomic E-state index is 0.0757. The first-order valence-electron chi connectivity index (χ1n) is 5.97. The molecule has 2 N–H and O–H groups in total. The lowest BCUT2D eigenvalue weighted by Crippen LogP contribution is -2.39. The van der Waals surface area contributed by atoms with Crippen LogP contribution in [0.3, 0.4) is 0 Å². The highest BCUT2D eigenvalue weighted by molar-refractivity contribution is 9.10. The van der Waals surface area contributed by atoms with Crippen molar-refractivity contribution >= 4 is 33.4 Å². The molecule has 0 radical (unpaired) electrons. The molecule has 0 aromatic heterocycles. The first kappa shape index (κ1) is 13.8. The van der Waals surface area contributed by atoms with E-state index in [0.29, 0.717) is 11.4 Å². The lowest BCUT2D eigenvalue weighted by atomic mass is 9.96. The average Bonchev–Trinajstić information content (AvgIpc) is 2.44. The molecule has 2 atom stereocenters. The molecule has 3 nitrogen and oxygen atoms in total. The third-order valence-corrected chi connectivity index (χ3v) is 4.26. The maximum atomic E-state index is 12.0. The van der Waals surface area contributed by atoms with E-state index in [9.17, 15) is 4.79 Å². The summed E-state index contributed by atoms with van der Waals surface area (Å²) < 4.78 is 0.944. The van der Waals surface area contributed by atoms with Crippen LogP contribution in [0.2, 0.25) is 5.02 Å². The summed E-state index contributed by atoms with van der Waals surface area (Å²) in [6.45, 7) is 0. The predicted molar refractivity (Wildman–Crippen MR) is 76.5 cm³/mol. The fourth-order valence-corrected chi connectivity index (χ4v) is 3.05. The van der Waals surface area contributed by atoms with E-state index in [1.54, 1.807) is 11.9 Å². The molecule has 1 saturated heterocycles. The Balaban J connectivity index is 2.44. The number of likely N-dealkylation sites (N-methyl/N-ethyl adjacent to an activating group) is 1. The van der Waals surface area contributed by atoms with Crippen LogP contribution in [0.1, 0.15) is 30.9 Å². The number of hydrogen-bond donors (Lipinski definition) is 1. The van der Waals surface area contributed by atoms with Crippen LogP contribution >= 0.6 is 27.5 Å². The van der Waals surface area contributed by atoms with E-state index in [0.717, 1.165) is 22.9 Å². The van der Waals surface area contributed by atoms with E-state index < -0.39 is 0 Å². The molecule has 2 rings (SSSR count). The maximum Gasteiger partial charge on any atom is 0.222 e. The standard InChI is InChI=1S/C13H16BrClN2O/c1-17-12(18)4-2-3-11(16)13(17)9-7-8(14)5-6-10(9)15/h5-7,11,13H,2-4,16H2,1H3. The van der Waals surface area contributed by atoms with Crippen LogP contribution in [-0.4, -0.2) is 23.9 Å². The number of hydrogen-bond acceptors (Lipinski definition) is 2. The summed E-state index contributed by atoms with van der Waals surface area (Å²) in [4.78, 5) is 13.7. The Kier molecular flexibility index (Phi) is 4.30. The Morgan fingerprint density at radius 2 is 2.22 bits per heavy atom. The molecule has 0 bridgehead atoms. The van der Waals surface area contributed by atoms with Gasteiger partial charge in [0.15, 0.2) is 0 Å². The molecular formula is C13H16BrClN2O. The van der Waals surface area contributed by atoms with Crippen LogP contribution in [-0.2, 0) is 4.79 Å². The lowest BCUT2D eigenvalue weighted by molar-refractivity contribution is -0.131. The highest BCUT2D eigenvalue weighted by Gasteiger charge is 2.31. The molecule has 18 heavy (non-hydrogen) atoms. The topological polar surface area (TPSA) is 46.3 Å². The van der Waals surface area contributed by atoms with Gasteiger partial charge in [0.25, 0.3) is 0 Å². The monoisotopic (exact) mass is 330 g/mol. The van der Waals surface area contributed by atoms with Crippen molar-refractivity contribution in [2.75, 3.05) is 7.05 Å². The Morgan fingerprint density at radius 3 is 2.94 bits per heavy atom. The summed E-state index contributed by atoms with van der Waals surface area (Å²) >= 11 is 9.68. The van der Waals surface area contributed by atoms with E-state index >= 15 is 0 Å². The zero-order chi connectivity index (χ0) is 13.3. The molecule has 1 aromatic carbocycles. The largest absolute Gasteiger partial charge is 0.337 e. The van der Waals surface area contributed by atoms with Gasteiger partial charge in [0.1, 0.15) is 0 Å². The van der Waals surface area contributed by atoms with Crippen LogP contribution in [0.5, 0.6) is 0 Å². The van der Waals surface area contributed by atoms with Crippen molar-refractivity contribution in [3.63, 3.8) is 0 Å². The smallest absolute Gasteiger partial charge is 0.222 e. The summed E-state index contributed by atoms with van der Waals surface area (Å²) in [5.41, 5.74) is 7.13. The SMILES string of the molecule is CN1C(=O)CCCC(N)C1c1cc(Br)ccc1Cl. The number of benzene rings is 1. The van der Waals surface area contributed by atoms with E-state index in [1.807, 2.05) is 18.2 Å². The van der Waals surface area contributed by atoms with Gasteiger partial charge in [0.2, 0.25) is 5.91 Å². The van der Waals surface area contributed by atoms with Crippen molar-refractivity contribution in [3.8, 4) is 0 Å². The third kappa shape index (κ3) is 2.71. The van der Waals surface area contributed by atoms with Gasteiger partial charge in [-0.25, -0.2) is 0 Å². The van der Waals surface area contributed by atoms with Gasteiger partial charge < -0.3 is 10.6 Å². The summed E-state index contributed by atoms with van der Waals surface area (Å²) in [5.74, 6) is 0.129. The normalized spacial score (nSPS) is 25.1. The fraction of sp³-hybridized carbons (Fsp3) is 0.462. The van der Waals surface area contributed by atoms with Gasteiger partial charge in [0.05, 0.1) is 6.04 Å². The van der Waals surface area contributed by atoms with Crippen LogP contribution < -0.4 is 5.73 Å². The molecule has 1 heterocycles. The average molecular weight is 332 g/mol. The highest BCUT2D eigenvalue weighted by atomic mass is 79.9. The molecule has 5 heteroatoms. The van der Waals surface area contributed by atoms with Crippen molar-refractivity contribution in [1.82, 2.24) is 4.90 Å². The first-order chi connectivity index (χ1) is 8.50. The lowest BCUT2D eigenvalue weighted by Gasteiger charge is -2.31. The number of amides is 1. The zero-order valence-corrected chi connectivity index (χ0v) is 12.5. The second-order valence-electron chi connectivity index (χ2n) is 4.67. The van der Waals surface area contributed by atoms with Crippen LogP contribution in [0, 0.1) is 0 Å². The number of likely N-dealkylation sites (tertiary alicyclic amines) is 1. The van der Waals surface area contributed by atoms with Crippen LogP contribution in [0.4, 0.5) is 0 Å². The summed E-state index contributed by atoms with van der Waals surface area (Å²) in [7, 11) is 1.80. The number of halogens is 2. The second kappa shape index (κ2) is 5.59. The van der Waals surface area contributed by atoms with Gasteiger partial charge in [0, 0.05) is 29.0 Å². The second-order valence-corrected chi connectivity index (χ2v) is 5.99. The molecule has 0 spiro atoms. The fourth-order valence-electron chi connectivity index (χ4n) is 2.45. The molecule has 0 aliphatic carbocycles. The summed E-state index contributed by atoms with van der Waals surface area (Å²) in [6, 6.07) is 5.44. The quantitative estimate of drug-likeness (QED) is 0.859. The van der Waals surface area contributed by atoms with Crippen LogP contribution in [0.15, 0.2) is 22.7 Å². The third-order valence-electron chi connectivity index (χ3n) is 3.42. The molecule has 1 amide bonds. The van der Waals surface area contributed by atoms with E-state index in [-0.39, 0.29) is 18.0 Å². The molecule has 1 aliphatic rings. The molecule has 2 unspecified atom stereocenters. The van der Waals surface area contributed by atoms with Gasteiger partial charge in [-0.3, -0.25) is 4.79 Å².